The molecular formula is C6H14NO2. The van der Waals surface area contributed by atoms with Gasteiger partial charge in [0, 0.05) is 13.2 Å². The van der Waals surface area contributed by atoms with Crippen LogP contribution in [0.4, 0.5) is 0 Å². The highest BCUT2D eigenvalue weighted by molar-refractivity contribution is 4.32. The SMILES string of the molecule is CCOC(C)OCC[NH]. The highest BCUT2D eigenvalue weighted by Crippen LogP contribution is 1.90. The van der Waals surface area contributed by atoms with Crippen LogP contribution in [0.25, 0.3) is 0 Å². The zero-order chi connectivity index (χ0) is 7.11. The third kappa shape index (κ3) is 5.76. The summed E-state index contributed by atoms with van der Waals surface area (Å²) < 4.78 is 10.1. The van der Waals surface area contributed by atoms with Gasteiger partial charge in [0.25, 0.3) is 0 Å². The van der Waals surface area contributed by atoms with Crippen LogP contribution in [0.3, 0.4) is 0 Å². The Kier molecular flexibility index (Phi) is 5.93. The molecule has 3 heteroatoms. The topological polar surface area (TPSA) is 42.3 Å². The second-order valence-corrected chi connectivity index (χ2v) is 1.64. The maximum Gasteiger partial charge on any atom is 0.154 e. The Bertz CT molecular complexity index is 59.0. The Labute approximate surface area is 56.1 Å². The number of hydrogen-bond donors (Lipinski definition) is 0. The van der Waals surface area contributed by atoms with Crippen LogP contribution in [0.2, 0.25) is 0 Å². The lowest BCUT2D eigenvalue weighted by Crippen LogP contribution is -2.15. The molecule has 1 N–H and O–H groups in total. The van der Waals surface area contributed by atoms with Crippen molar-refractivity contribution in [1.29, 1.82) is 0 Å². The predicted molar refractivity (Wildman–Crippen MR) is 35.0 cm³/mol. The van der Waals surface area contributed by atoms with Crippen LogP contribution in [-0.2, 0) is 9.47 Å². The molecule has 0 aromatic carbocycles. The summed E-state index contributed by atoms with van der Waals surface area (Å²) in [5, 5.41) is 0. The summed E-state index contributed by atoms with van der Waals surface area (Å²) in [5.74, 6) is 0. The van der Waals surface area contributed by atoms with Crippen LogP contribution in [0.15, 0.2) is 0 Å². The monoisotopic (exact) mass is 132 g/mol. The third-order valence-electron chi connectivity index (χ3n) is 0.856. The van der Waals surface area contributed by atoms with Gasteiger partial charge in [0.1, 0.15) is 0 Å². The number of rotatable bonds is 5. The molecule has 0 saturated carbocycles. The van der Waals surface area contributed by atoms with E-state index in [1.165, 1.54) is 0 Å². The summed E-state index contributed by atoms with van der Waals surface area (Å²) in [5.41, 5.74) is 6.75. The van der Waals surface area contributed by atoms with E-state index in [0.717, 1.165) is 0 Å². The van der Waals surface area contributed by atoms with Crippen molar-refractivity contribution in [3.8, 4) is 0 Å². The predicted octanol–water partition coefficient (Wildman–Crippen LogP) is 0.668. The van der Waals surface area contributed by atoms with Crippen molar-refractivity contribution in [2.45, 2.75) is 20.1 Å². The van der Waals surface area contributed by atoms with Crippen LogP contribution in [0, 0.1) is 0 Å². The van der Waals surface area contributed by atoms with Crippen molar-refractivity contribution in [1.82, 2.24) is 5.73 Å². The molecule has 0 saturated heterocycles. The highest BCUT2D eigenvalue weighted by atomic mass is 16.7. The smallest absolute Gasteiger partial charge is 0.154 e. The van der Waals surface area contributed by atoms with E-state index in [0.29, 0.717) is 19.8 Å². The third-order valence-corrected chi connectivity index (χ3v) is 0.856. The van der Waals surface area contributed by atoms with Gasteiger partial charge in [0.15, 0.2) is 6.29 Å². The Morgan fingerprint density at radius 3 is 2.56 bits per heavy atom. The van der Waals surface area contributed by atoms with Crippen molar-refractivity contribution >= 4 is 0 Å². The maximum absolute atomic E-state index is 6.75. The average molecular weight is 132 g/mol. The van der Waals surface area contributed by atoms with E-state index in [2.05, 4.69) is 0 Å². The molecule has 1 radical (unpaired) electrons. The van der Waals surface area contributed by atoms with Crippen molar-refractivity contribution in [2.24, 2.45) is 0 Å². The Hall–Kier alpha value is -0.120. The molecule has 0 spiro atoms. The normalized spacial score (nSPS) is 13.7. The molecule has 0 aromatic heterocycles. The summed E-state index contributed by atoms with van der Waals surface area (Å²) in [6, 6.07) is 0. The minimum absolute atomic E-state index is 0.152. The molecule has 9 heavy (non-hydrogen) atoms. The molecule has 3 nitrogen and oxygen atoms in total. The van der Waals surface area contributed by atoms with Gasteiger partial charge in [0.05, 0.1) is 6.61 Å². The molecule has 55 valence electrons. The lowest BCUT2D eigenvalue weighted by atomic mass is 10.7. The Morgan fingerprint density at radius 1 is 1.44 bits per heavy atom. The zero-order valence-corrected chi connectivity index (χ0v) is 6.02. The van der Waals surface area contributed by atoms with E-state index in [4.69, 9.17) is 15.2 Å². The first-order valence-corrected chi connectivity index (χ1v) is 3.19. The second kappa shape index (κ2) is 6.01. The minimum atomic E-state index is -0.152. The van der Waals surface area contributed by atoms with Crippen molar-refractivity contribution in [2.75, 3.05) is 19.8 Å². The van der Waals surface area contributed by atoms with Crippen molar-refractivity contribution in [3.63, 3.8) is 0 Å². The summed E-state index contributed by atoms with van der Waals surface area (Å²) in [4.78, 5) is 0. The second-order valence-electron chi connectivity index (χ2n) is 1.64. The summed E-state index contributed by atoms with van der Waals surface area (Å²) in [6.45, 7) is 5.18. The molecule has 0 aliphatic carbocycles. The van der Waals surface area contributed by atoms with Gasteiger partial charge in [0.2, 0.25) is 0 Å². The lowest BCUT2D eigenvalue weighted by Gasteiger charge is -2.10. The minimum Gasteiger partial charge on any atom is -0.353 e. The fraction of sp³-hybridized carbons (Fsp3) is 1.00. The largest absolute Gasteiger partial charge is 0.353 e. The first kappa shape index (κ1) is 8.88. The molecule has 1 unspecified atom stereocenters. The fourth-order valence-electron chi connectivity index (χ4n) is 0.508. The summed E-state index contributed by atoms with van der Waals surface area (Å²) in [7, 11) is 0. The standard InChI is InChI=1S/C6H14NO2/c1-3-8-6(2)9-5-4-7/h6-7H,3-5H2,1-2H3. The molecule has 1 atom stereocenters. The van der Waals surface area contributed by atoms with Gasteiger partial charge in [-0.3, -0.25) is 5.73 Å². The summed E-state index contributed by atoms with van der Waals surface area (Å²) >= 11 is 0. The molecule has 0 fully saturated rings. The molecular weight excluding hydrogens is 118 g/mol. The quantitative estimate of drug-likeness (QED) is 0.516. The van der Waals surface area contributed by atoms with Gasteiger partial charge in [-0.1, -0.05) is 0 Å². The van der Waals surface area contributed by atoms with Crippen LogP contribution in [0.5, 0.6) is 0 Å². The first-order chi connectivity index (χ1) is 4.31. The van der Waals surface area contributed by atoms with Crippen LogP contribution >= 0.6 is 0 Å². The van der Waals surface area contributed by atoms with E-state index in [-0.39, 0.29) is 6.29 Å². The fourth-order valence-corrected chi connectivity index (χ4v) is 0.508. The number of hydrogen-bond acceptors (Lipinski definition) is 2. The lowest BCUT2D eigenvalue weighted by molar-refractivity contribution is -0.124. The molecule has 0 amide bonds. The van der Waals surface area contributed by atoms with Gasteiger partial charge in [-0.05, 0) is 13.8 Å². The molecule has 0 heterocycles. The molecule has 0 rings (SSSR count). The van der Waals surface area contributed by atoms with Gasteiger partial charge >= 0.3 is 0 Å². The van der Waals surface area contributed by atoms with Gasteiger partial charge in [-0.25, -0.2) is 0 Å². The highest BCUT2D eigenvalue weighted by Gasteiger charge is 1.96. The van der Waals surface area contributed by atoms with E-state index < -0.39 is 0 Å². The van der Waals surface area contributed by atoms with Crippen molar-refractivity contribution < 1.29 is 9.47 Å². The molecule has 0 aliphatic rings. The van der Waals surface area contributed by atoms with E-state index in [9.17, 15) is 0 Å². The molecule has 0 aliphatic heterocycles. The zero-order valence-electron chi connectivity index (χ0n) is 6.02. The van der Waals surface area contributed by atoms with E-state index >= 15 is 0 Å². The van der Waals surface area contributed by atoms with Crippen LogP contribution < -0.4 is 5.73 Å². The van der Waals surface area contributed by atoms with Gasteiger partial charge in [-0.15, -0.1) is 0 Å². The number of nitrogens with one attached hydrogen (secondary N) is 1. The van der Waals surface area contributed by atoms with E-state index in [1.807, 2.05) is 13.8 Å². The summed E-state index contributed by atoms with van der Waals surface area (Å²) in [6.07, 6.45) is -0.152. The Balaban J connectivity index is 2.95. The Morgan fingerprint density at radius 2 is 2.11 bits per heavy atom. The molecule has 0 bridgehead atoms. The molecule has 0 aromatic rings. The number of ether oxygens (including phenoxy) is 2. The maximum atomic E-state index is 6.75. The average Bonchev–Trinajstić information content (AvgIpc) is 1.85. The van der Waals surface area contributed by atoms with Crippen LogP contribution in [0.1, 0.15) is 13.8 Å². The first-order valence-electron chi connectivity index (χ1n) is 3.19. The van der Waals surface area contributed by atoms with Gasteiger partial charge < -0.3 is 9.47 Å². The van der Waals surface area contributed by atoms with Crippen LogP contribution in [-0.4, -0.2) is 26.0 Å². The van der Waals surface area contributed by atoms with Crippen molar-refractivity contribution in [3.05, 3.63) is 0 Å². The van der Waals surface area contributed by atoms with Gasteiger partial charge in [-0.2, -0.15) is 0 Å². The van der Waals surface area contributed by atoms with E-state index in [1.54, 1.807) is 0 Å².